The molecule has 0 aliphatic heterocycles. The number of rotatable bonds is 8. The van der Waals surface area contributed by atoms with Crippen molar-refractivity contribution in [1.29, 1.82) is 0 Å². The summed E-state index contributed by atoms with van der Waals surface area (Å²) in [4.78, 5) is 24.3. The molecule has 1 amide bonds. The Bertz CT molecular complexity index is 1210. The molecule has 0 spiro atoms. The van der Waals surface area contributed by atoms with Gasteiger partial charge >= 0.3 is 5.97 Å². The number of carbonyl (C=O) groups is 2. The van der Waals surface area contributed by atoms with Crippen LogP contribution in [0, 0.1) is 6.92 Å². The number of nitrogens with zero attached hydrogens (tertiary/aromatic N) is 1. The maximum absolute atomic E-state index is 12.3. The Kier molecular flexibility index (Phi) is 8.68. The standard InChI is InChI=1S/C26H24Cl2N2O4/c1-16(2)19-7-4-17(3)24(12-19)33-15-25(31)30-29-14-18-5-9-21(10-6-18)34-26(32)22-11-8-20(27)13-23(22)28/h4-14,16H,15H2,1-3H3,(H,30,31)/b29-14-. The molecule has 176 valence electrons. The third-order valence-corrected chi connectivity index (χ3v) is 5.43. The highest BCUT2D eigenvalue weighted by Crippen LogP contribution is 2.24. The molecule has 3 rings (SSSR count). The minimum Gasteiger partial charge on any atom is -0.483 e. The maximum Gasteiger partial charge on any atom is 0.345 e. The number of hydrazone groups is 1. The first kappa shape index (κ1) is 25.3. The molecule has 0 heterocycles. The predicted octanol–water partition coefficient (Wildman–Crippen LogP) is 6.17. The number of esters is 1. The fourth-order valence-corrected chi connectivity index (χ4v) is 3.41. The molecule has 0 atom stereocenters. The summed E-state index contributed by atoms with van der Waals surface area (Å²) in [5.41, 5.74) is 5.45. The molecule has 0 saturated heterocycles. The molecular formula is C26H24Cl2N2O4. The van der Waals surface area contributed by atoms with Crippen molar-refractivity contribution in [2.24, 2.45) is 5.10 Å². The molecule has 0 saturated carbocycles. The summed E-state index contributed by atoms with van der Waals surface area (Å²) in [6.45, 7) is 5.98. The second-order valence-electron chi connectivity index (χ2n) is 7.84. The first-order chi connectivity index (χ1) is 16.2. The smallest absolute Gasteiger partial charge is 0.345 e. The predicted molar refractivity (Wildman–Crippen MR) is 134 cm³/mol. The minimum absolute atomic E-state index is 0.151. The summed E-state index contributed by atoms with van der Waals surface area (Å²) in [5.74, 6) is 0.409. The topological polar surface area (TPSA) is 77.0 Å². The van der Waals surface area contributed by atoms with E-state index in [1.165, 1.54) is 18.3 Å². The van der Waals surface area contributed by atoms with Crippen LogP contribution in [0.5, 0.6) is 11.5 Å². The lowest BCUT2D eigenvalue weighted by molar-refractivity contribution is -0.123. The molecule has 0 radical (unpaired) electrons. The van der Waals surface area contributed by atoms with Crippen LogP contribution in [0.3, 0.4) is 0 Å². The molecule has 8 heteroatoms. The van der Waals surface area contributed by atoms with E-state index < -0.39 is 5.97 Å². The van der Waals surface area contributed by atoms with E-state index in [1.807, 2.05) is 19.1 Å². The van der Waals surface area contributed by atoms with Crippen LogP contribution in [-0.2, 0) is 4.79 Å². The van der Waals surface area contributed by atoms with E-state index in [0.717, 1.165) is 11.1 Å². The average Bonchev–Trinajstić information content (AvgIpc) is 2.79. The van der Waals surface area contributed by atoms with E-state index in [2.05, 4.69) is 30.4 Å². The third-order valence-electron chi connectivity index (χ3n) is 4.88. The Morgan fingerprint density at radius 3 is 2.44 bits per heavy atom. The molecule has 3 aromatic carbocycles. The first-order valence-corrected chi connectivity index (χ1v) is 11.3. The molecule has 0 unspecified atom stereocenters. The summed E-state index contributed by atoms with van der Waals surface area (Å²) >= 11 is 11.9. The van der Waals surface area contributed by atoms with Crippen molar-refractivity contribution in [2.75, 3.05) is 6.61 Å². The van der Waals surface area contributed by atoms with Gasteiger partial charge < -0.3 is 9.47 Å². The number of halogens is 2. The van der Waals surface area contributed by atoms with Crippen LogP contribution in [-0.4, -0.2) is 24.7 Å². The number of hydrogen-bond donors (Lipinski definition) is 1. The van der Waals surface area contributed by atoms with Gasteiger partial charge in [-0.15, -0.1) is 0 Å². The van der Waals surface area contributed by atoms with Gasteiger partial charge in [-0.05, 0) is 78.1 Å². The van der Waals surface area contributed by atoms with Crippen molar-refractivity contribution >= 4 is 41.3 Å². The molecule has 6 nitrogen and oxygen atoms in total. The third kappa shape index (κ3) is 7.07. The zero-order valence-electron chi connectivity index (χ0n) is 19.0. The van der Waals surface area contributed by atoms with Gasteiger partial charge in [0.2, 0.25) is 0 Å². The van der Waals surface area contributed by atoms with Gasteiger partial charge in [0.25, 0.3) is 5.91 Å². The first-order valence-electron chi connectivity index (χ1n) is 10.6. The largest absolute Gasteiger partial charge is 0.483 e. The van der Waals surface area contributed by atoms with Crippen molar-refractivity contribution in [3.63, 3.8) is 0 Å². The fraction of sp³-hybridized carbons (Fsp3) is 0.192. The lowest BCUT2D eigenvalue weighted by Crippen LogP contribution is -2.24. The van der Waals surface area contributed by atoms with Crippen molar-refractivity contribution in [1.82, 2.24) is 5.43 Å². The lowest BCUT2D eigenvalue weighted by atomic mass is 10.0. The second-order valence-corrected chi connectivity index (χ2v) is 8.69. The average molecular weight is 499 g/mol. The summed E-state index contributed by atoms with van der Waals surface area (Å²) in [6, 6.07) is 17.1. The van der Waals surface area contributed by atoms with Gasteiger partial charge in [0.15, 0.2) is 6.61 Å². The van der Waals surface area contributed by atoms with Crippen molar-refractivity contribution in [3.05, 3.63) is 93.0 Å². The van der Waals surface area contributed by atoms with E-state index in [0.29, 0.717) is 28.0 Å². The summed E-state index contributed by atoms with van der Waals surface area (Å²) in [5, 5.41) is 4.58. The Morgan fingerprint density at radius 1 is 1.03 bits per heavy atom. The quantitative estimate of drug-likeness (QED) is 0.174. The molecular weight excluding hydrogens is 475 g/mol. The van der Waals surface area contributed by atoms with Crippen molar-refractivity contribution < 1.29 is 19.1 Å². The molecule has 0 fully saturated rings. The van der Waals surface area contributed by atoms with Crippen molar-refractivity contribution in [2.45, 2.75) is 26.7 Å². The Morgan fingerprint density at radius 2 is 1.76 bits per heavy atom. The van der Waals surface area contributed by atoms with Gasteiger partial charge in [-0.2, -0.15) is 5.10 Å². The van der Waals surface area contributed by atoms with Crippen LogP contribution >= 0.6 is 23.2 Å². The summed E-state index contributed by atoms with van der Waals surface area (Å²) in [7, 11) is 0. The molecule has 0 aliphatic rings. The fourth-order valence-electron chi connectivity index (χ4n) is 2.92. The molecule has 0 aromatic heterocycles. The number of carbonyl (C=O) groups excluding carboxylic acids is 2. The number of nitrogens with one attached hydrogen (secondary N) is 1. The molecule has 1 N–H and O–H groups in total. The van der Waals surface area contributed by atoms with E-state index in [4.69, 9.17) is 32.7 Å². The highest BCUT2D eigenvalue weighted by Gasteiger charge is 2.13. The van der Waals surface area contributed by atoms with Gasteiger partial charge in [-0.25, -0.2) is 10.2 Å². The molecule has 3 aromatic rings. The van der Waals surface area contributed by atoms with E-state index in [1.54, 1.807) is 30.3 Å². The molecule has 34 heavy (non-hydrogen) atoms. The van der Waals surface area contributed by atoms with Crippen LogP contribution in [0.4, 0.5) is 0 Å². The number of aryl methyl sites for hydroxylation is 1. The minimum atomic E-state index is -0.593. The van der Waals surface area contributed by atoms with Gasteiger partial charge in [-0.1, -0.05) is 49.2 Å². The zero-order chi connectivity index (χ0) is 24.7. The van der Waals surface area contributed by atoms with Crippen LogP contribution < -0.4 is 14.9 Å². The normalized spacial score (nSPS) is 11.0. The SMILES string of the molecule is Cc1ccc(C(C)C)cc1OCC(=O)N/N=C\c1ccc(OC(=O)c2ccc(Cl)cc2Cl)cc1. The summed E-state index contributed by atoms with van der Waals surface area (Å²) in [6.07, 6.45) is 1.48. The van der Waals surface area contributed by atoms with Gasteiger partial charge in [0.05, 0.1) is 16.8 Å². The number of benzene rings is 3. The van der Waals surface area contributed by atoms with Gasteiger partial charge in [0.1, 0.15) is 11.5 Å². The highest BCUT2D eigenvalue weighted by molar-refractivity contribution is 6.36. The zero-order valence-corrected chi connectivity index (χ0v) is 20.5. The Hall–Kier alpha value is -3.35. The van der Waals surface area contributed by atoms with E-state index in [-0.39, 0.29) is 23.1 Å². The van der Waals surface area contributed by atoms with Crippen molar-refractivity contribution in [3.8, 4) is 11.5 Å². The second kappa shape index (κ2) is 11.7. The number of amides is 1. The number of ether oxygens (including phenoxy) is 2. The van der Waals surface area contributed by atoms with Crippen LogP contribution in [0.25, 0.3) is 0 Å². The Balaban J connectivity index is 1.50. The lowest BCUT2D eigenvalue weighted by Gasteiger charge is -2.12. The summed E-state index contributed by atoms with van der Waals surface area (Å²) < 4.78 is 11.0. The molecule has 0 bridgehead atoms. The van der Waals surface area contributed by atoms with Gasteiger partial charge in [0, 0.05) is 5.02 Å². The van der Waals surface area contributed by atoms with E-state index in [9.17, 15) is 9.59 Å². The molecule has 0 aliphatic carbocycles. The van der Waals surface area contributed by atoms with Gasteiger partial charge in [-0.3, -0.25) is 4.79 Å². The highest BCUT2D eigenvalue weighted by atomic mass is 35.5. The monoisotopic (exact) mass is 498 g/mol. The van der Waals surface area contributed by atoms with Crippen LogP contribution in [0.2, 0.25) is 10.0 Å². The maximum atomic E-state index is 12.3. The van der Waals surface area contributed by atoms with Crippen LogP contribution in [0.1, 0.15) is 46.8 Å². The van der Waals surface area contributed by atoms with Crippen LogP contribution in [0.15, 0.2) is 65.8 Å². The number of hydrogen-bond acceptors (Lipinski definition) is 5. The Labute approximate surface area is 208 Å². The van der Waals surface area contributed by atoms with E-state index >= 15 is 0 Å².